The predicted octanol–water partition coefficient (Wildman–Crippen LogP) is 3.31. The Hall–Kier alpha value is -2.87. The molecule has 0 bridgehead atoms. The fourth-order valence-electron chi connectivity index (χ4n) is 1.42. The molecule has 0 aliphatic rings. The highest BCUT2D eigenvalue weighted by Gasteiger charge is 2.07. The van der Waals surface area contributed by atoms with Crippen LogP contribution in [0, 0.1) is 17.1 Å². The largest absolute Gasteiger partial charge is 0.417 e. The molecule has 1 amide bonds. The molecule has 0 fully saturated rings. The van der Waals surface area contributed by atoms with E-state index in [1.807, 2.05) is 0 Å². The van der Waals surface area contributed by atoms with Gasteiger partial charge in [0, 0.05) is 5.69 Å². The molecule has 0 aliphatic carbocycles. The number of amides is 1. The maximum Gasteiger partial charge on any atom is 0.417 e. The van der Waals surface area contributed by atoms with Crippen LogP contribution in [0.4, 0.5) is 14.9 Å². The van der Waals surface area contributed by atoms with Crippen LogP contribution in [0.3, 0.4) is 0 Å². The van der Waals surface area contributed by atoms with E-state index in [0.717, 1.165) is 6.07 Å². The number of carbonyl (C=O) groups is 1. The number of para-hydroxylation sites is 1. The van der Waals surface area contributed by atoms with Crippen LogP contribution >= 0.6 is 0 Å². The third-order valence-corrected chi connectivity index (χ3v) is 2.29. The molecule has 0 spiro atoms. The number of benzene rings is 2. The smallest absolute Gasteiger partial charge is 0.410 e. The molecule has 0 saturated carbocycles. The molecule has 5 heteroatoms. The van der Waals surface area contributed by atoms with Gasteiger partial charge in [-0.25, -0.2) is 9.18 Å². The molecule has 0 aromatic heterocycles. The van der Waals surface area contributed by atoms with E-state index in [1.54, 1.807) is 36.4 Å². The lowest BCUT2D eigenvalue weighted by Crippen LogP contribution is -2.16. The molecule has 0 radical (unpaired) electrons. The first-order chi connectivity index (χ1) is 9.19. The summed E-state index contributed by atoms with van der Waals surface area (Å²) >= 11 is 0. The fraction of sp³-hybridized carbons (Fsp3) is 0. The monoisotopic (exact) mass is 256 g/mol. The number of nitrogens with one attached hydrogen (secondary N) is 1. The summed E-state index contributed by atoms with van der Waals surface area (Å²) in [5.74, 6) is -0.311. The van der Waals surface area contributed by atoms with E-state index in [4.69, 9.17) is 10.00 Å². The zero-order chi connectivity index (χ0) is 13.7. The Labute approximate surface area is 109 Å². The third kappa shape index (κ3) is 3.30. The lowest BCUT2D eigenvalue weighted by Gasteiger charge is -2.06. The van der Waals surface area contributed by atoms with E-state index in [9.17, 15) is 9.18 Å². The number of rotatable bonds is 2. The van der Waals surface area contributed by atoms with Crippen LogP contribution in [0.15, 0.2) is 48.5 Å². The molecule has 0 atom stereocenters. The molecule has 0 saturated heterocycles. The van der Waals surface area contributed by atoms with Gasteiger partial charge in [-0.15, -0.1) is 0 Å². The van der Waals surface area contributed by atoms with Gasteiger partial charge < -0.3 is 4.74 Å². The lowest BCUT2D eigenvalue weighted by molar-refractivity contribution is 0.215. The summed E-state index contributed by atoms with van der Waals surface area (Å²) in [6.45, 7) is 0. The van der Waals surface area contributed by atoms with Crippen LogP contribution < -0.4 is 10.1 Å². The molecule has 0 unspecified atom stereocenters. The summed E-state index contributed by atoms with van der Waals surface area (Å²) in [4.78, 5) is 11.5. The highest BCUT2D eigenvalue weighted by molar-refractivity contribution is 5.86. The van der Waals surface area contributed by atoms with Gasteiger partial charge in [0.2, 0.25) is 0 Å². The van der Waals surface area contributed by atoms with Crippen molar-refractivity contribution < 1.29 is 13.9 Å². The number of carbonyl (C=O) groups excluding carboxylic acids is 1. The summed E-state index contributed by atoms with van der Waals surface area (Å²) in [6, 6.07) is 14.0. The van der Waals surface area contributed by atoms with Crippen LogP contribution in [0.1, 0.15) is 5.56 Å². The molecular weight excluding hydrogens is 247 g/mol. The van der Waals surface area contributed by atoms with E-state index < -0.39 is 11.9 Å². The van der Waals surface area contributed by atoms with Crippen molar-refractivity contribution in [2.24, 2.45) is 0 Å². The van der Waals surface area contributed by atoms with Gasteiger partial charge in [0.15, 0.2) is 0 Å². The SMILES string of the molecule is N#Cc1ccc(NC(=O)Oc2ccccc2)cc1F. The number of hydrogen-bond acceptors (Lipinski definition) is 3. The Balaban J connectivity index is 2.04. The Morgan fingerprint density at radius 3 is 2.58 bits per heavy atom. The molecule has 0 aliphatic heterocycles. The second kappa shape index (κ2) is 5.65. The topological polar surface area (TPSA) is 62.1 Å². The highest BCUT2D eigenvalue weighted by atomic mass is 19.1. The Morgan fingerprint density at radius 1 is 1.21 bits per heavy atom. The van der Waals surface area contributed by atoms with E-state index in [0.29, 0.717) is 5.75 Å². The zero-order valence-corrected chi connectivity index (χ0v) is 9.76. The zero-order valence-electron chi connectivity index (χ0n) is 9.76. The molecule has 2 aromatic carbocycles. The van der Waals surface area contributed by atoms with Crippen molar-refractivity contribution in [1.82, 2.24) is 0 Å². The van der Waals surface area contributed by atoms with Crippen LogP contribution in [0.25, 0.3) is 0 Å². The first-order valence-electron chi connectivity index (χ1n) is 5.42. The quantitative estimate of drug-likeness (QED) is 0.896. The first-order valence-corrected chi connectivity index (χ1v) is 5.42. The Kier molecular flexibility index (Phi) is 3.74. The number of hydrogen-bond donors (Lipinski definition) is 1. The van der Waals surface area contributed by atoms with E-state index in [2.05, 4.69) is 5.32 Å². The van der Waals surface area contributed by atoms with Gasteiger partial charge in [-0.3, -0.25) is 5.32 Å². The summed E-state index contributed by atoms with van der Waals surface area (Å²) in [5, 5.41) is 11.0. The minimum Gasteiger partial charge on any atom is -0.410 e. The summed E-state index contributed by atoms with van der Waals surface area (Å²) < 4.78 is 18.3. The van der Waals surface area contributed by atoms with Crippen molar-refractivity contribution in [3.8, 4) is 11.8 Å². The average molecular weight is 256 g/mol. The standard InChI is InChI=1S/C14H9FN2O2/c15-13-8-11(7-6-10(13)9-16)17-14(18)19-12-4-2-1-3-5-12/h1-8H,(H,17,18). The molecule has 94 valence electrons. The van der Waals surface area contributed by atoms with Crippen molar-refractivity contribution in [3.63, 3.8) is 0 Å². The summed E-state index contributed by atoms with van der Waals surface area (Å²) in [7, 11) is 0. The van der Waals surface area contributed by atoms with Crippen molar-refractivity contribution in [2.45, 2.75) is 0 Å². The Bertz CT molecular complexity index is 636. The minimum absolute atomic E-state index is 0.0815. The van der Waals surface area contributed by atoms with Gasteiger partial charge in [-0.1, -0.05) is 18.2 Å². The number of nitrogens with zero attached hydrogens (tertiary/aromatic N) is 1. The average Bonchev–Trinajstić information content (AvgIpc) is 2.40. The third-order valence-electron chi connectivity index (χ3n) is 2.29. The van der Waals surface area contributed by atoms with Crippen LogP contribution in [0.2, 0.25) is 0 Å². The second-order valence-corrected chi connectivity index (χ2v) is 3.63. The number of halogens is 1. The highest BCUT2D eigenvalue weighted by Crippen LogP contribution is 2.15. The molecule has 1 N–H and O–H groups in total. The van der Waals surface area contributed by atoms with Gasteiger partial charge in [-0.2, -0.15) is 5.26 Å². The van der Waals surface area contributed by atoms with Gasteiger partial charge in [0.1, 0.15) is 17.6 Å². The van der Waals surface area contributed by atoms with Gasteiger partial charge in [-0.05, 0) is 30.3 Å². The lowest BCUT2D eigenvalue weighted by atomic mass is 10.2. The van der Waals surface area contributed by atoms with Crippen molar-refractivity contribution in [3.05, 3.63) is 59.9 Å². The van der Waals surface area contributed by atoms with E-state index in [-0.39, 0.29) is 11.3 Å². The molecule has 4 nitrogen and oxygen atoms in total. The molecule has 2 aromatic rings. The second-order valence-electron chi connectivity index (χ2n) is 3.63. The first kappa shape index (κ1) is 12.6. The fourth-order valence-corrected chi connectivity index (χ4v) is 1.42. The minimum atomic E-state index is -0.727. The molecule has 19 heavy (non-hydrogen) atoms. The van der Waals surface area contributed by atoms with Crippen molar-refractivity contribution in [1.29, 1.82) is 5.26 Å². The number of nitriles is 1. The summed E-state index contributed by atoms with van der Waals surface area (Å²) in [5.41, 5.74) is 0.138. The Morgan fingerprint density at radius 2 is 1.95 bits per heavy atom. The van der Waals surface area contributed by atoms with Gasteiger partial charge in [0.25, 0.3) is 0 Å². The van der Waals surface area contributed by atoms with Crippen LogP contribution in [0.5, 0.6) is 5.75 Å². The van der Waals surface area contributed by atoms with Crippen LogP contribution in [-0.4, -0.2) is 6.09 Å². The van der Waals surface area contributed by atoms with Gasteiger partial charge in [0.05, 0.1) is 5.56 Å². The molecule has 0 heterocycles. The maximum absolute atomic E-state index is 13.3. The van der Waals surface area contributed by atoms with Crippen LogP contribution in [-0.2, 0) is 0 Å². The van der Waals surface area contributed by atoms with E-state index >= 15 is 0 Å². The maximum atomic E-state index is 13.3. The molecular formula is C14H9FN2O2. The molecule has 2 rings (SSSR count). The van der Waals surface area contributed by atoms with Gasteiger partial charge >= 0.3 is 6.09 Å². The number of ether oxygens (including phenoxy) is 1. The number of anilines is 1. The van der Waals surface area contributed by atoms with Crippen molar-refractivity contribution in [2.75, 3.05) is 5.32 Å². The summed E-state index contributed by atoms with van der Waals surface area (Å²) in [6.07, 6.45) is -0.727. The normalized spacial score (nSPS) is 9.47. The van der Waals surface area contributed by atoms with Crippen molar-refractivity contribution >= 4 is 11.8 Å². The predicted molar refractivity (Wildman–Crippen MR) is 67.2 cm³/mol. The van der Waals surface area contributed by atoms with E-state index in [1.165, 1.54) is 12.1 Å².